The van der Waals surface area contributed by atoms with Crippen molar-refractivity contribution in [3.05, 3.63) is 59.0 Å². The van der Waals surface area contributed by atoms with Crippen molar-refractivity contribution < 1.29 is 27.8 Å². The Kier molecular flexibility index (Phi) is 7.37. The van der Waals surface area contributed by atoms with Crippen molar-refractivity contribution in [2.45, 2.75) is 42.8 Å². The van der Waals surface area contributed by atoms with Gasteiger partial charge in [-0.3, -0.25) is 0 Å². The van der Waals surface area contributed by atoms with E-state index in [-0.39, 0.29) is 24.3 Å². The Morgan fingerprint density at radius 2 is 1.85 bits per heavy atom. The molecule has 2 N–H and O–H groups in total. The van der Waals surface area contributed by atoms with Crippen LogP contribution < -0.4 is 9.46 Å². The Bertz CT molecular complexity index is 1140. The van der Waals surface area contributed by atoms with Crippen molar-refractivity contribution >= 4 is 34.9 Å². The second-order valence-electron chi connectivity index (χ2n) is 8.13. The lowest BCUT2D eigenvalue weighted by atomic mass is 9.78. The molecule has 180 valence electrons. The summed E-state index contributed by atoms with van der Waals surface area (Å²) < 4.78 is 47.1. The molecule has 0 aliphatic heterocycles. The summed E-state index contributed by atoms with van der Waals surface area (Å²) in [6.45, 7) is 0. The van der Waals surface area contributed by atoms with Crippen molar-refractivity contribution in [2.24, 2.45) is 5.92 Å². The first kappa shape index (κ1) is 24.4. The molecule has 1 aliphatic carbocycles. The highest BCUT2D eigenvalue weighted by molar-refractivity contribution is 8.00. The molecule has 3 aromatic rings. The maximum absolute atomic E-state index is 12.9. The fourth-order valence-electron chi connectivity index (χ4n) is 4.11. The molecule has 0 saturated heterocycles. The number of hydrogen-bond acceptors (Lipinski definition) is 6. The van der Waals surface area contributed by atoms with E-state index in [1.54, 1.807) is 6.07 Å². The minimum Gasteiger partial charge on any atom is -0.495 e. The predicted octanol–water partition coefficient (Wildman–Crippen LogP) is 7.47. The van der Waals surface area contributed by atoms with Gasteiger partial charge in [0, 0.05) is 22.9 Å². The quantitative estimate of drug-likeness (QED) is 0.323. The number of nitrogens with one attached hydrogen (secondary N) is 1. The summed E-state index contributed by atoms with van der Waals surface area (Å²) in [5.74, 6) is -1.61. The van der Waals surface area contributed by atoms with Gasteiger partial charge in [0.25, 0.3) is 0 Å². The fraction of sp³-hybridized carbons (Fsp3) is 0.333. The van der Waals surface area contributed by atoms with Crippen LogP contribution >= 0.6 is 23.3 Å². The van der Waals surface area contributed by atoms with Gasteiger partial charge in [0.05, 0.1) is 24.3 Å². The summed E-state index contributed by atoms with van der Waals surface area (Å²) in [4.78, 5) is 15.8. The molecule has 0 bridgehead atoms. The highest BCUT2D eigenvalue weighted by Gasteiger charge is 2.41. The van der Waals surface area contributed by atoms with Gasteiger partial charge >= 0.3 is 12.1 Å². The topological polar surface area (TPSA) is 71.5 Å². The van der Waals surface area contributed by atoms with E-state index in [4.69, 9.17) is 9.84 Å². The average Bonchev–Trinajstić information content (AvgIpc) is 3.31. The Hall–Kier alpha value is -2.72. The highest BCUT2D eigenvalue weighted by Crippen LogP contribution is 2.43. The number of carboxylic acid groups (broad SMARTS) is 1. The van der Waals surface area contributed by atoms with Crippen LogP contribution in [0.1, 0.15) is 47.5 Å². The molecule has 10 heteroatoms. The second kappa shape index (κ2) is 10.3. The third-order valence-electron chi connectivity index (χ3n) is 6.02. The lowest BCUT2D eigenvalue weighted by molar-refractivity contribution is -0.182. The van der Waals surface area contributed by atoms with Gasteiger partial charge in [-0.15, -0.1) is 11.3 Å². The lowest BCUT2D eigenvalue weighted by Gasteiger charge is -2.30. The third-order valence-corrected chi connectivity index (χ3v) is 7.80. The molecular formula is C24H23F3N2O3S2. The minimum atomic E-state index is -4.09. The lowest BCUT2D eigenvalue weighted by Crippen LogP contribution is -2.27. The van der Waals surface area contributed by atoms with Gasteiger partial charge in [0.1, 0.15) is 15.8 Å². The minimum absolute atomic E-state index is 0.139. The van der Waals surface area contributed by atoms with Crippen LogP contribution in [0, 0.1) is 5.92 Å². The molecule has 1 aliphatic rings. The molecule has 1 saturated carbocycles. The first-order chi connectivity index (χ1) is 16.2. The normalized spacial score (nSPS) is 18.5. The molecule has 2 aromatic carbocycles. The van der Waals surface area contributed by atoms with E-state index in [2.05, 4.69) is 9.71 Å². The number of nitrogens with zero attached hydrogens (tertiary/aromatic N) is 1. The van der Waals surface area contributed by atoms with Gasteiger partial charge in [-0.1, -0.05) is 24.3 Å². The number of rotatable bonds is 7. The van der Waals surface area contributed by atoms with Gasteiger partial charge < -0.3 is 14.6 Å². The zero-order chi connectivity index (χ0) is 24.3. The highest BCUT2D eigenvalue weighted by atomic mass is 32.2. The third kappa shape index (κ3) is 5.67. The Morgan fingerprint density at radius 3 is 2.47 bits per heavy atom. The number of alkyl halides is 3. The molecule has 0 spiro atoms. The van der Waals surface area contributed by atoms with Crippen molar-refractivity contribution in [2.75, 3.05) is 11.8 Å². The fourth-order valence-corrected chi connectivity index (χ4v) is 5.71. The van der Waals surface area contributed by atoms with E-state index in [1.165, 1.54) is 42.5 Å². The van der Waals surface area contributed by atoms with Crippen LogP contribution in [0.2, 0.25) is 0 Å². The van der Waals surface area contributed by atoms with Crippen molar-refractivity contribution in [3.63, 3.8) is 0 Å². The van der Waals surface area contributed by atoms with Crippen LogP contribution in [0.25, 0.3) is 10.6 Å². The number of anilines is 1. The number of methoxy groups -OCH3 is 1. The molecule has 1 heterocycles. The predicted molar refractivity (Wildman–Crippen MR) is 128 cm³/mol. The van der Waals surface area contributed by atoms with E-state index >= 15 is 0 Å². The number of carbonyl (C=O) groups is 1. The summed E-state index contributed by atoms with van der Waals surface area (Å²) in [6, 6.07) is 12.5. The van der Waals surface area contributed by atoms with E-state index in [1.807, 2.05) is 29.6 Å². The second-order valence-corrected chi connectivity index (χ2v) is 9.81. The smallest absolute Gasteiger partial charge is 0.391 e. The van der Waals surface area contributed by atoms with Gasteiger partial charge in [-0.05, 0) is 55.4 Å². The molecular weight excluding hydrogens is 485 g/mol. The van der Waals surface area contributed by atoms with Gasteiger partial charge in [-0.2, -0.15) is 13.2 Å². The number of aromatic nitrogens is 1. The summed E-state index contributed by atoms with van der Waals surface area (Å²) in [6.07, 6.45) is -2.58. The zero-order valence-electron chi connectivity index (χ0n) is 18.3. The average molecular weight is 509 g/mol. The van der Waals surface area contributed by atoms with E-state index < -0.39 is 18.1 Å². The number of aromatic carboxylic acids is 1. The molecule has 4 rings (SSSR count). The van der Waals surface area contributed by atoms with Crippen molar-refractivity contribution in [1.29, 1.82) is 0 Å². The van der Waals surface area contributed by atoms with Crippen LogP contribution in [-0.4, -0.2) is 29.3 Å². The molecule has 0 atom stereocenters. The Morgan fingerprint density at radius 1 is 1.15 bits per heavy atom. The largest absolute Gasteiger partial charge is 0.495 e. The Labute approximate surface area is 203 Å². The maximum atomic E-state index is 12.9. The molecule has 34 heavy (non-hydrogen) atoms. The summed E-state index contributed by atoms with van der Waals surface area (Å²) in [7, 11) is 1.48. The molecule has 0 radical (unpaired) electrons. The maximum Gasteiger partial charge on any atom is 0.391 e. The van der Waals surface area contributed by atoms with Gasteiger partial charge in [0.2, 0.25) is 0 Å². The number of thiazole rings is 1. The van der Waals surface area contributed by atoms with E-state index in [0.29, 0.717) is 24.3 Å². The standard InChI is InChI=1S/C24H23F3N2O3S2/c1-32-20-12-17(23(30)31)8-11-19(20)29-34-21-13-33-22(28-21)16-4-2-14(3-5-16)15-6-9-18(10-7-15)24(25,26)27/h2-5,8,11-13,15,18,29H,6-7,9-10H2,1H3,(H,30,31). The summed E-state index contributed by atoms with van der Waals surface area (Å²) in [5, 5.41) is 12.6. The molecule has 5 nitrogen and oxygen atoms in total. The van der Waals surface area contributed by atoms with Crippen LogP contribution in [-0.2, 0) is 0 Å². The van der Waals surface area contributed by atoms with E-state index in [9.17, 15) is 18.0 Å². The number of halogens is 3. The van der Waals surface area contributed by atoms with Crippen molar-refractivity contribution in [1.82, 2.24) is 4.98 Å². The summed E-state index contributed by atoms with van der Waals surface area (Å²) >= 11 is 2.78. The van der Waals surface area contributed by atoms with Crippen molar-refractivity contribution in [3.8, 4) is 16.3 Å². The van der Waals surface area contributed by atoms with Crippen LogP contribution in [0.4, 0.5) is 18.9 Å². The number of benzene rings is 2. The zero-order valence-corrected chi connectivity index (χ0v) is 19.9. The monoisotopic (exact) mass is 508 g/mol. The molecule has 1 fully saturated rings. The Balaban J connectivity index is 1.37. The summed E-state index contributed by atoms with van der Waals surface area (Å²) in [5.41, 5.74) is 2.80. The molecule has 1 aromatic heterocycles. The van der Waals surface area contributed by atoms with Gasteiger partial charge in [0.15, 0.2) is 0 Å². The molecule has 0 unspecified atom stereocenters. The first-order valence-corrected chi connectivity index (χ1v) is 12.4. The SMILES string of the molecule is COc1cc(C(=O)O)ccc1NSc1csc(-c2ccc(C3CCC(C(F)(F)F)CC3)cc2)n1. The number of hydrogen-bond donors (Lipinski definition) is 2. The molecule has 0 amide bonds. The van der Waals surface area contributed by atoms with Crippen LogP contribution in [0.15, 0.2) is 52.9 Å². The first-order valence-electron chi connectivity index (χ1n) is 10.7. The van der Waals surface area contributed by atoms with Gasteiger partial charge in [-0.25, -0.2) is 9.78 Å². The van der Waals surface area contributed by atoms with E-state index in [0.717, 1.165) is 21.2 Å². The number of ether oxygens (including phenoxy) is 1. The van der Waals surface area contributed by atoms with Crippen LogP contribution in [0.3, 0.4) is 0 Å². The number of carboxylic acids is 1. The van der Waals surface area contributed by atoms with Crippen LogP contribution in [0.5, 0.6) is 5.75 Å².